The van der Waals surface area contributed by atoms with E-state index < -0.39 is 0 Å². The summed E-state index contributed by atoms with van der Waals surface area (Å²) in [4.78, 5) is 12.1. The molecule has 19 heavy (non-hydrogen) atoms. The number of halogens is 1. The Morgan fingerprint density at radius 2 is 2.11 bits per heavy atom. The van der Waals surface area contributed by atoms with Crippen molar-refractivity contribution < 1.29 is 13.9 Å². The van der Waals surface area contributed by atoms with Crippen molar-refractivity contribution in [3.8, 4) is 0 Å². The lowest BCUT2D eigenvalue weighted by atomic mass is 10.0. The molecule has 2 unspecified atom stereocenters. The van der Waals surface area contributed by atoms with Gasteiger partial charge in [0.25, 0.3) is 0 Å². The van der Waals surface area contributed by atoms with Crippen molar-refractivity contribution >= 4 is 5.91 Å². The van der Waals surface area contributed by atoms with E-state index in [1.54, 1.807) is 12.1 Å². The minimum Gasteiger partial charge on any atom is -0.379 e. The summed E-state index contributed by atoms with van der Waals surface area (Å²) in [6, 6.07) is 6.20. The summed E-state index contributed by atoms with van der Waals surface area (Å²) in [6.45, 7) is 4.26. The van der Waals surface area contributed by atoms with E-state index in [-0.39, 0.29) is 23.7 Å². The Bertz CT molecular complexity index is 422. The normalized spacial score (nSPS) is 22.4. The molecule has 2 N–H and O–H groups in total. The summed E-state index contributed by atoms with van der Waals surface area (Å²) in [5, 5.41) is 6.11. The lowest BCUT2D eigenvalue weighted by molar-refractivity contribution is -0.125. The first-order valence-corrected chi connectivity index (χ1v) is 6.54. The number of rotatable bonds is 5. The fourth-order valence-corrected chi connectivity index (χ4v) is 2.20. The molecular formula is C14H19FN2O2. The van der Waals surface area contributed by atoms with Gasteiger partial charge in [-0.3, -0.25) is 4.79 Å². The van der Waals surface area contributed by atoms with Crippen LogP contribution in [0.25, 0.3) is 0 Å². The van der Waals surface area contributed by atoms with E-state index in [4.69, 9.17) is 4.74 Å². The molecule has 0 saturated carbocycles. The zero-order valence-corrected chi connectivity index (χ0v) is 11.0. The number of amides is 1. The third-order valence-electron chi connectivity index (χ3n) is 3.26. The molecule has 4 nitrogen and oxygen atoms in total. The van der Waals surface area contributed by atoms with Crippen molar-refractivity contribution in [2.75, 3.05) is 19.8 Å². The number of nitrogens with one attached hydrogen (secondary N) is 2. The second-order valence-corrected chi connectivity index (χ2v) is 4.65. The van der Waals surface area contributed by atoms with E-state index >= 15 is 0 Å². The Morgan fingerprint density at radius 3 is 2.79 bits per heavy atom. The smallest absolute Gasteiger partial charge is 0.227 e. The largest absolute Gasteiger partial charge is 0.379 e. The molecule has 0 spiro atoms. The number of carbonyl (C=O) groups excluding carboxylic acids is 1. The molecule has 0 aromatic heterocycles. The van der Waals surface area contributed by atoms with Crippen LogP contribution < -0.4 is 10.6 Å². The zero-order valence-electron chi connectivity index (χ0n) is 11.0. The summed E-state index contributed by atoms with van der Waals surface area (Å²) in [5.74, 6) is -0.445. The van der Waals surface area contributed by atoms with Crippen LogP contribution in [-0.2, 0) is 16.1 Å². The van der Waals surface area contributed by atoms with Crippen molar-refractivity contribution in [2.24, 2.45) is 5.92 Å². The van der Waals surface area contributed by atoms with Gasteiger partial charge < -0.3 is 15.4 Å². The van der Waals surface area contributed by atoms with Gasteiger partial charge in [-0.05, 0) is 24.2 Å². The quantitative estimate of drug-likeness (QED) is 0.838. The molecule has 1 aromatic carbocycles. The maximum atomic E-state index is 12.8. The molecule has 2 atom stereocenters. The molecule has 1 aliphatic heterocycles. The first-order valence-electron chi connectivity index (χ1n) is 6.54. The Balaban J connectivity index is 1.85. The van der Waals surface area contributed by atoms with Gasteiger partial charge in [-0.15, -0.1) is 0 Å². The molecule has 0 radical (unpaired) electrons. The van der Waals surface area contributed by atoms with E-state index in [1.807, 2.05) is 6.92 Å². The Morgan fingerprint density at radius 1 is 1.37 bits per heavy atom. The second-order valence-electron chi connectivity index (χ2n) is 4.65. The molecule has 1 heterocycles. The number of carbonyl (C=O) groups is 1. The van der Waals surface area contributed by atoms with E-state index in [9.17, 15) is 9.18 Å². The van der Waals surface area contributed by atoms with Crippen LogP contribution in [0.3, 0.4) is 0 Å². The van der Waals surface area contributed by atoms with Crippen LogP contribution in [0.5, 0.6) is 0 Å². The average Bonchev–Trinajstić information content (AvgIpc) is 2.86. The number of ether oxygens (including phenoxy) is 1. The third-order valence-corrected chi connectivity index (χ3v) is 3.26. The van der Waals surface area contributed by atoms with E-state index in [0.29, 0.717) is 19.8 Å². The lowest BCUT2D eigenvalue weighted by Crippen LogP contribution is -2.43. The van der Waals surface area contributed by atoms with Crippen LogP contribution in [0.1, 0.15) is 12.5 Å². The highest BCUT2D eigenvalue weighted by Gasteiger charge is 2.33. The summed E-state index contributed by atoms with van der Waals surface area (Å²) < 4.78 is 18.1. The van der Waals surface area contributed by atoms with Gasteiger partial charge in [-0.1, -0.05) is 19.1 Å². The minimum absolute atomic E-state index is 0.0206. The molecule has 104 valence electrons. The fraction of sp³-hybridized carbons (Fsp3) is 0.500. The molecule has 1 fully saturated rings. The zero-order chi connectivity index (χ0) is 13.7. The van der Waals surface area contributed by atoms with Gasteiger partial charge in [-0.2, -0.15) is 0 Å². The molecule has 1 saturated heterocycles. The number of likely N-dealkylation sites (N-methyl/N-ethyl adjacent to an activating group) is 1. The molecule has 1 aromatic rings. The average molecular weight is 266 g/mol. The molecule has 0 aliphatic carbocycles. The highest BCUT2D eigenvalue weighted by molar-refractivity contribution is 5.79. The van der Waals surface area contributed by atoms with Gasteiger partial charge in [0.1, 0.15) is 5.82 Å². The maximum Gasteiger partial charge on any atom is 0.227 e. The van der Waals surface area contributed by atoms with Crippen LogP contribution in [-0.4, -0.2) is 31.7 Å². The van der Waals surface area contributed by atoms with E-state index in [0.717, 1.165) is 12.1 Å². The molecule has 5 heteroatoms. The molecule has 0 bridgehead atoms. The first kappa shape index (κ1) is 14.0. The predicted octanol–water partition coefficient (Wildman–Crippen LogP) is 1.07. The van der Waals surface area contributed by atoms with Crippen LogP contribution in [0, 0.1) is 11.7 Å². The van der Waals surface area contributed by atoms with Crippen molar-refractivity contribution in [1.29, 1.82) is 0 Å². The monoisotopic (exact) mass is 266 g/mol. The Kier molecular flexibility index (Phi) is 4.87. The van der Waals surface area contributed by atoms with Gasteiger partial charge >= 0.3 is 0 Å². The summed E-state index contributed by atoms with van der Waals surface area (Å²) >= 11 is 0. The van der Waals surface area contributed by atoms with Crippen molar-refractivity contribution in [3.05, 3.63) is 35.6 Å². The van der Waals surface area contributed by atoms with Crippen molar-refractivity contribution in [1.82, 2.24) is 10.6 Å². The van der Waals surface area contributed by atoms with E-state index in [2.05, 4.69) is 10.6 Å². The highest BCUT2D eigenvalue weighted by Crippen LogP contribution is 2.14. The molecule has 2 rings (SSSR count). The van der Waals surface area contributed by atoms with Crippen molar-refractivity contribution in [3.63, 3.8) is 0 Å². The lowest BCUT2D eigenvalue weighted by Gasteiger charge is -2.17. The maximum absolute atomic E-state index is 12.8. The fourth-order valence-electron chi connectivity index (χ4n) is 2.20. The van der Waals surface area contributed by atoms with Gasteiger partial charge in [0.15, 0.2) is 0 Å². The number of hydrogen-bond donors (Lipinski definition) is 2. The van der Waals surface area contributed by atoms with Gasteiger partial charge in [0.05, 0.1) is 19.1 Å². The third kappa shape index (κ3) is 3.75. The van der Waals surface area contributed by atoms with Gasteiger partial charge in [0.2, 0.25) is 5.91 Å². The molecule has 1 amide bonds. The van der Waals surface area contributed by atoms with E-state index in [1.165, 1.54) is 12.1 Å². The molecule has 1 aliphatic rings. The Hall–Kier alpha value is -1.46. The summed E-state index contributed by atoms with van der Waals surface area (Å²) in [6.07, 6.45) is 0. The molecular weight excluding hydrogens is 247 g/mol. The summed E-state index contributed by atoms with van der Waals surface area (Å²) in [7, 11) is 0. The minimum atomic E-state index is -0.272. The van der Waals surface area contributed by atoms with Crippen molar-refractivity contribution in [2.45, 2.75) is 19.5 Å². The van der Waals surface area contributed by atoms with Crippen LogP contribution >= 0.6 is 0 Å². The number of hydrogen-bond acceptors (Lipinski definition) is 3. The predicted molar refractivity (Wildman–Crippen MR) is 70.0 cm³/mol. The van der Waals surface area contributed by atoms with Gasteiger partial charge in [0, 0.05) is 12.6 Å². The van der Waals surface area contributed by atoms with Crippen LogP contribution in [0.4, 0.5) is 4.39 Å². The van der Waals surface area contributed by atoms with Gasteiger partial charge in [-0.25, -0.2) is 4.39 Å². The standard InChI is InChI=1S/C14H19FN2O2/c1-2-16-13-9-19-8-12(13)14(18)17-7-10-3-5-11(15)6-4-10/h3-6,12-13,16H,2,7-9H2,1H3,(H,17,18). The Labute approximate surface area is 112 Å². The topological polar surface area (TPSA) is 50.4 Å². The highest BCUT2D eigenvalue weighted by atomic mass is 19.1. The second kappa shape index (κ2) is 6.63. The summed E-state index contributed by atoms with van der Waals surface area (Å²) in [5.41, 5.74) is 0.883. The first-order chi connectivity index (χ1) is 9.20. The SMILES string of the molecule is CCNC1COCC1C(=O)NCc1ccc(F)cc1. The van der Waals surface area contributed by atoms with Crippen LogP contribution in [0.15, 0.2) is 24.3 Å². The number of benzene rings is 1. The van der Waals surface area contributed by atoms with Crippen LogP contribution in [0.2, 0.25) is 0 Å².